The van der Waals surface area contributed by atoms with Crippen molar-refractivity contribution in [2.24, 2.45) is 0 Å². The molecule has 3 heteroatoms. The van der Waals surface area contributed by atoms with Crippen LogP contribution >= 0.6 is 11.6 Å². The van der Waals surface area contributed by atoms with E-state index in [4.69, 9.17) is 16.3 Å². The summed E-state index contributed by atoms with van der Waals surface area (Å²) in [6.45, 7) is 0. The molecule has 1 aliphatic rings. The van der Waals surface area contributed by atoms with Crippen LogP contribution in [-0.2, 0) is 12.8 Å². The molecule has 2 nitrogen and oxygen atoms in total. The molecule has 0 amide bonds. The minimum absolute atomic E-state index is 0.0254. The number of halogens is 1. The van der Waals surface area contributed by atoms with Crippen molar-refractivity contribution >= 4 is 23.5 Å². The quantitative estimate of drug-likeness (QED) is 0.350. The molecule has 0 atom stereocenters. The fraction of sp³-hybridized carbons (Fsp3) is 0.160. The lowest BCUT2D eigenvalue weighted by atomic mass is 9.90. The van der Waals surface area contributed by atoms with E-state index >= 15 is 0 Å². The summed E-state index contributed by atoms with van der Waals surface area (Å²) in [7, 11) is 0. The Bertz CT molecular complexity index is 1020. The van der Waals surface area contributed by atoms with Gasteiger partial charge in [-0.05, 0) is 90.9 Å². The summed E-state index contributed by atoms with van der Waals surface area (Å²) in [6, 6.07) is 21.0. The van der Waals surface area contributed by atoms with Gasteiger partial charge in [0.2, 0.25) is 0 Å². The summed E-state index contributed by atoms with van der Waals surface area (Å²) >= 11 is 5.90. The van der Waals surface area contributed by atoms with Crippen molar-refractivity contribution in [3.63, 3.8) is 0 Å². The highest BCUT2D eigenvalue weighted by molar-refractivity contribution is 6.30. The van der Waals surface area contributed by atoms with E-state index in [2.05, 4.69) is 12.1 Å². The standard InChI is InChI=1S/C25H21ClO2/c26-22-11-13-23(14-12-22)28-24-7-3-4-18(16-24)8-15-25(27)21-10-9-19-5-1-2-6-20(19)17-21/h3-4,7-17H,1-2,5-6H2. The Hall–Kier alpha value is -2.84. The summed E-state index contributed by atoms with van der Waals surface area (Å²) in [5.74, 6) is 1.46. The number of ether oxygens (including phenoxy) is 1. The van der Waals surface area contributed by atoms with Gasteiger partial charge < -0.3 is 4.74 Å². The molecule has 28 heavy (non-hydrogen) atoms. The highest BCUT2D eigenvalue weighted by Crippen LogP contribution is 2.25. The lowest BCUT2D eigenvalue weighted by Gasteiger charge is -2.15. The van der Waals surface area contributed by atoms with Crippen LogP contribution in [0, 0.1) is 0 Å². The molecule has 0 unspecified atom stereocenters. The molecule has 0 saturated carbocycles. The van der Waals surface area contributed by atoms with Gasteiger partial charge in [-0.1, -0.05) is 41.9 Å². The van der Waals surface area contributed by atoms with Crippen molar-refractivity contribution in [2.45, 2.75) is 25.7 Å². The number of ketones is 1. The Labute approximate surface area is 170 Å². The second-order valence-corrected chi connectivity index (χ2v) is 7.45. The second kappa shape index (κ2) is 8.45. The Morgan fingerprint density at radius 3 is 2.46 bits per heavy atom. The van der Waals surface area contributed by atoms with Crippen LogP contribution < -0.4 is 4.74 Å². The monoisotopic (exact) mass is 388 g/mol. The number of carbonyl (C=O) groups is 1. The number of benzene rings is 3. The highest BCUT2D eigenvalue weighted by Gasteiger charge is 2.11. The van der Waals surface area contributed by atoms with Crippen LogP contribution in [0.5, 0.6) is 11.5 Å². The molecule has 3 aromatic rings. The van der Waals surface area contributed by atoms with E-state index in [1.165, 1.54) is 24.0 Å². The molecule has 3 aromatic carbocycles. The zero-order valence-corrected chi connectivity index (χ0v) is 16.3. The Morgan fingerprint density at radius 2 is 1.64 bits per heavy atom. The van der Waals surface area contributed by atoms with Gasteiger partial charge in [0.05, 0.1) is 0 Å². The molecule has 0 bridgehead atoms. The van der Waals surface area contributed by atoms with Crippen LogP contribution in [0.2, 0.25) is 5.02 Å². The van der Waals surface area contributed by atoms with Crippen LogP contribution in [-0.4, -0.2) is 5.78 Å². The predicted molar refractivity (Wildman–Crippen MR) is 114 cm³/mol. The smallest absolute Gasteiger partial charge is 0.185 e. The topological polar surface area (TPSA) is 26.3 Å². The molecule has 0 fully saturated rings. The number of carbonyl (C=O) groups excluding carboxylic acids is 1. The molecule has 0 aromatic heterocycles. The third-order valence-electron chi connectivity index (χ3n) is 4.97. The maximum Gasteiger partial charge on any atom is 0.185 e. The first-order valence-corrected chi connectivity index (χ1v) is 9.93. The number of allylic oxidation sites excluding steroid dienone is 1. The van der Waals surface area contributed by atoms with Crippen LogP contribution in [0.1, 0.15) is 39.9 Å². The van der Waals surface area contributed by atoms with Gasteiger partial charge in [-0.2, -0.15) is 0 Å². The Balaban J connectivity index is 1.47. The average molecular weight is 389 g/mol. The maximum absolute atomic E-state index is 12.6. The molecular weight excluding hydrogens is 368 g/mol. The molecule has 140 valence electrons. The van der Waals surface area contributed by atoms with Crippen molar-refractivity contribution in [2.75, 3.05) is 0 Å². The molecule has 0 aliphatic heterocycles. The van der Waals surface area contributed by atoms with Crippen molar-refractivity contribution in [1.29, 1.82) is 0 Å². The van der Waals surface area contributed by atoms with Gasteiger partial charge in [0.25, 0.3) is 0 Å². The summed E-state index contributed by atoms with van der Waals surface area (Å²) in [6.07, 6.45) is 8.11. The third-order valence-corrected chi connectivity index (χ3v) is 5.22. The average Bonchev–Trinajstić information content (AvgIpc) is 2.73. The van der Waals surface area contributed by atoms with Crippen molar-refractivity contribution < 1.29 is 9.53 Å². The van der Waals surface area contributed by atoms with Gasteiger partial charge in [-0.25, -0.2) is 0 Å². The zero-order chi connectivity index (χ0) is 19.3. The van der Waals surface area contributed by atoms with E-state index in [-0.39, 0.29) is 5.78 Å². The van der Waals surface area contributed by atoms with E-state index in [9.17, 15) is 4.79 Å². The molecule has 0 saturated heterocycles. The normalized spacial score (nSPS) is 13.3. The maximum atomic E-state index is 12.6. The van der Waals surface area contributed by atoms with E-state index in [1.54, 1.807) is 18.2 Å². The molecule has 0 N–H and O–H groups in total. The first-order chi connectivity index (χ1) is 13.7. The fourth-order valence-electron chi connectivity index (χ4n) is 3.48. The van der Waals surface area contributed by atoms with E-state index in [1.807, 2.05) is 48.5 Å². The largest absolute Gasteiger partial charge is 0.457 e. The van der Waals surface area contributed by atoms with Gasteiger partial charge in [0.15, 0.2) is 5.78 Å². The van der Waals surface area contributed by atoms with E-state index < -0.39 is 0 Å². The molecule has 1 aliphatic carbocycles. The van der Waals surface area contributed by atoms with Crippen LogP contribution in [0.15, 0.2) is 72.8 Å². The van der Waals surface area contributed by atoms with Crippen LogP contribution in [0.3, 0.4) is 0 Å². The Morgan fingerprint density at radius 1 is 0.857 bits per heavy atom. The van der Waals surface area contributed by atoms with E-state index in [0.717, 1.165) is 29.7 Å². The summed E-state index contributed by atoms with van der Waals surface area (Å²) in [4.78, 5) is 12.6. The van der Waals surface area contributed by atoms with Gasteiger partial charge in [0, 0.05) is 10.6 Å². The summed E-state index contributed by atoms with van der Waals surface area (Å²) < 4.78 is 5.85. The van der Waals surface area contributed by atoms with Crippen LogP contribution in [0.25, 0.3) is 6.08 Å². The molecule has 0 radical (unpaired) electrons. The van der Waals surface area contributed by atoms with Gasteiger partial charge >= 0.3 is 0 Å². The first-order valence-electron chi connectivity index (χ1n) is 9.55. The van der Waals surface area contributed by atoms with Crippen molar-refractivity contribution in [3.05, 3.63) is 100 Å². The van der Waals surface area contributed by atoms with Gasteiger partial charge in [-0.3, -0.25) is 4.79 Å². The lowest BCUT2D eigenvalue weighted by Crippen LogP contribution is -2.05. The van der Waals surface area contributed by atoms with Crippen molar-refractivity contribution in [3.8, 4) is 11.5 Å². The summed E-state index contributed by atoms with van der Waals surface area (Å²) in [5.41, 5.74) is 4.38. The fourth-order valence-corrected chi connectivity index (χ4v) is 3.60. The number of fused-ring (bicyclic) bond motifs is 1. The first kappa shape index (κ1) is 18.5. The third kappa shape index (κ3) is 4.52. The number of aryl methyl sites for hydroxylation is 2. The zero-order valence-electron chi connectivity index (χ0n) is 15.5. The molecule has 0 heterocycles. The second-order valence-electron chi connectivity index (χ2n) is 7.02. The highest BCUT2D eigenvalue weighted by atomic mass is 35.5. The SMILES string of the molecule is O=C(C=Cc1cccc(Oc2ccc(Cl)cc2)c1)c1ccc2c(c1)CCCC2. The number of rotatable bonds is 5. The Kier molecular flexibility index (Phi) is 5.59. The minimum atomic E-state index is 0.0254. The molecular formula is C25H21ClO2. The number of hydrogen-bond donors (Lipinski definition) is 0. The minimum Gasteiger partial charge on any atom is -0.457 e. The van der Waals surface area contributed by atoms with E-state index in [0.29, 0.717) is 10.8 Å². The van der Waals surface area contributed by atoms with Gasteiger partial charge in [-0.15, -0.1) is 0 Å². The molecule has 0 spiro atoms. The van der Waals surface area contributed by atoms with Crippen LogP contribution in [0.4, 0.5) is 0 Å². The van der Waals surface area contributed by atoms with Crippen molar-refractivity contribution in [1.82, 2.24) is 0 Å². The predicted octanol–water partition coefficient (Wildman–Crippen LogP) is 6.91. The van der Waals surface area contributed by atoms with Gasteiger partial charge in [0.1, 0.15) is 11.5 Å². The summed E-state index contributed by atoms with van der Waals surface area (Å²) in [5, 5.41) is 0.671. The number of hydrogen-bond acceptors (Lipinski definition) is 2. The molecule has 4 rings (SSSR count). The lowest BCUT2D eigenvalue weighted by molar-refractivity contribution is 0.104.